The first-order valence-electron chi connectivity index (χ1n) is 8.58. The molecule has 0 heterocycles. The Labute approximate surface area is 177 Å². The molecule has 2 unspecified atom stereocenters. The van der Waals surface area contributed by atoms with Crippen LogP contribution in [0.2, 0.25) is 0 Å². The normalized spacial score (nSPS) is 35.6. The fourth-order valence-corrected chi connectivity index (χ4v) is 6.18. The van der Waals surface area contributed by atoms with Crippen molar-refractivity contribution in [2.24, 2.45) is 22.7 Å². The van der Waals surface area contributed by atoms with Gasteiger partial charge in [0.2, 0.25) is 0 Å². The molecule has 4 saturated carbocycles. The fraction of sp³-hybridized carbons (Fsp3) is 0.938. The first kappa shape index (κ1) is 23.4. The molecule has 4 rings (SSSR count). The maximum Gasteiger partial charge on any atom is 1.00 e. The average molecular weight is 424 g/mol. The van der Waals surface area contributed by atoms with E-state index in [1.807, 2.05) is 0 Å². The summed E-state index contributed by atoms with van der Waals surface area (Å²) < 4.78 is 89.1. The zero-order valence-electron chi connectivity index (χ0n) is 15.3. The van der Waals surface area contributed by atoms with E-state index in [9.17, 15) is 35.3 Å². The van der Waals surface area contributed by atoms with Crippen molar-refractivity contribution in [3.8, 4) is 0 Å². The Morgan fingerprint density at radius 2 is 1.67 bits per heavy atom. The van der Waals surface area contributed by atoms with Crippen molar-refractivity contribution in [3.05, 3.63) is 0 Å². The summed E-state index contributed by atoms with van der Waals surface area (Å²) in [5.41, 5.74) is -0.752. The minimum absolute atomic E-state index is 0. The molecule has 4 fully saturated rings. The van der Waals surface area contributed by atoms with Gasteiger partial charge in [-0.1, -0.05) is 6.92 Å². The number of carbonyl (C=O) groups is 1. The Balaban J connectivity index is 0.00000261. The third kappa shape index (κ3) is 4.06. The molecule has 0 spiro atoms. The molecule has 0 aromatic carbocycles. The number of rotatable bonds is 6. The van der Waals surface area contributed by atoms with E-state index in [4.69, 9.17) is 4.74 Å². The molecule has 0 aliphatic heterocycles. The van der Waals surface area contributed by atoms with Crippen LogP contribution in [-0.2, 0) is 19.6 Å². The Morgan fingerprint density at radius 3 is 2.11 bits per heavy atom. The first-order chi connectivity index (χ1) is 11.7. The number of esters is 1. The zero-order valence-corrected chi connectivity index (χ0v) is 18.1. The van der Waals surface area contributed by atoms with Crippen molar-refractivity contribution in [3.63, 3.8) is 0 Å². The van der Waals surface area contributed by atoms with Crippen LogP contribution in [0.25, 0.3) is 0 Å². The standard InChI is InChI=1S/C16H22F4O5S.Na/c1-13-5-10-4-11(6-13)8-14(7-10,9-13)12(21)25-3-2-15(17,18)16(19,20)26(22,23)24;/h10-11H,2-9H2,1H3,(H,22,23,24);/q;+1/p-1. The third-order valence-electron chi connectivity index (χ3n) is 6.18. The molecule has 5 nitrogen and oxygen atoms in total. The Kier molecular flexibility index (Phi) is 6.15. The number of ether oxygens (including phenoxy) is 1. The predicted molar refractivity (Wildman–Crippen MR) is 80.4 cm³/mol. The number of hydrogen-bond acceptors (Lipinski definition) is 5. The SMILES string of the molecule is CC12CC3CC(C1)CC(C(=O)OCCC(F)(F)C(F)(F)S(=O)(=O)[O-])(C3)C2.[Na+]. The fourth-order valence-electron chi connectivity index (χ4n) is 5.71. The van der Waals surface area contributed by atoms with Crippen LogP contribution < -0.4 is 29.6 Å². The van der Waals surface area contributed by atoms with Crippen LogP contribution in [0.3, 0.4) is 0 Å². The van der Waals surface area contributed by atoms with Gasteiger partial charge in [0.05, 0.1) is 18.4 Å². The number of alkyl halides is 4. The summed E-state index contributed by atoms with van der Waals surface area (Å²) in [6.07, 6.45) is 3.16. The molecule has 0 saturated heterocycles. The summed E-state index contributed by atoms with van der Waals surface area (Å²) >= 11 is 0. The van der Waals surface area contributed by atoms with E-state index in [1.165, 1.54) is 0 Å². The second-order valence-corrected chi connectivity index (χ2v) is 10.0. The number of hydrogen-bond donors (Lipinski definition) is 0. The summed E-state index contributed by atoms with van der Waals surface area (Å²) in [6.45, 7) is 1.03. The van der Waals surface area contributed by atoms with Crippen molar-refractivity contribution in [1.82, 2.24) is 0 Å². The van der Waals surface area contributed by atoms with Crippen molar-refractivity contribution >= 4 is 16.1 Å². The van der Waals surface area contributed by atoms with Gasteiger partial charge in [0.1, 0.15) is 0 Å². The summed E-state index contributed by atoms with van der Waals surface area (Å²) in [6, 6.07) is 0. The molecular formula is C16H21F4NaO5S. The molecule has 0 amide bonds. The molecule has 0 aromatic rings. The van der Waals surface area contributed by atoms with Gasteiger partial charge in [-0.2, -0.15) is 17.6 Å². The van der Waals surface area contributed by atoms with E-state index in [0.29, 0.717) is 31.1 Å². The maximum absolute atomic E-state index is 13.5. The molecule has 4 aliphatic carbocycles. The molecule has 2 atom stereocenters. The quantitative estimate of drug-likeness (QED) is 0.265. The second-order valence-electron chi connectivity index (χ2n) is 8.61. The summed E-state index contributed by atoms with van der Waals surface area (Å²) in [7, 11) is -6.53. The molecule has 4 bridgehead atoms. The van der Waals surface area contributed by atoms with Gasteiger partial charge in [0, 0.05) is 0 Å². The van der Waals surface area contributed by atoms with Crippen LogP contribution in [0, 0.1) is 22.7 Å². The van der Waals surface area contributed by atoms with Gasteiger partial charge in [0.25, 0.3) is 0 Å². The Morgan fingerprint density at radius 1 is 1.15 bits per heavy atom. The van der Waals surface area contributed by atoms with Gasteiger partial charge in [-0.15, -0.1) is 0 Å². The van der Waals surface area contributed by atoms with E-state index in [2.05, 4.69) is 6.92 Å². The largest absolute Gasteiger partial charge is 1.00 e. The van der Waals surface area contributed by atoms with Crippen molar-refractivity contribution in [1.29, 1.82) is 0 Å². The minimum Gasteiger partial charge on any atom is -0.743 e. The van der Waals surface area contributed by atoms with Crippen molar-refractivity contribution < 1.29 is 69.6 Å². The summed E-state index contributed by atoms with van der Waals surface area (Å²) in [5.74, 6) is -5.03. The van der Waals surface area contributed by atoms with Gasteiger partial charge >= 0.3 is 46.7 Å². The molecule has 11 heteroatoms. The molecule has 0 aromatic heterocycles. The molecule has 4 aliphatic rings. The molecule has 150 valence electrons. The maximum atomic E-state index is 13.5. The van der Waals surface area contributed by atoms with E-state index in [1.54, 1.807) is 0 Å². The number of halogens is 4. The number of carbonyl (C=O) groups excluding carboxylic acids is 1. The Bertz CT molecular complexity index is 698. The van der Waals surface area contributed by atoms with E-state index in [-0.39, 0.29) is 35.0 Å². The van der Waals surface area contributed by atoms with Crippen LogP contribution >= 0.6 is 0 Å². The third-order valence-corrected chi connectivity index (χ3v) is 7.10. The average Bonchev–Trinajstić information content (AvgIpc) is 2.42. The minimum atomic E-state index is -6.53. The van der Waals surface area contributed by atoms with Crippen molar-refractivity contribution in [2.75, 3.05) is 6.61 Å². The van der Waals surface area contributed by atoms with Gasteiger partial charge in [-0.05, 0) is 55.8 Å². The van der Waals surface area contributed by atoms with E-state index < -0.39 is 45.7 Å². The summed E-state index contributed by atoms with van der Waals surface area (Å²) in [5, 5.41) is -5.75. The predicted octanol–water partition coefficient (Wildman–Crippen LogP) is 0.303. The Hall–Kier alpha value is 0.1000. The topological polar surface area (TPSA) is 83.5 Å². The van der Waals surface area contributed by atoms with Crippen LogP contribution in [0.5, 0.6) is 0 Å². The van der Waals surface area contributed by atoms with Crippen LogP contribution in [0.1, 0.15) is 51.9 Å². The van der Waals surface area contributed by atoms with Crippen LogP contribution in [-0.4, -0.2) is 36.7 Å². The van der Waals surface area contributed by atoms with Crippen LogP contribution in [0.4, 0.5) is 17.6 Å². The van der Waals surface area contributed by atoms with Gasteiger partial charge < -0.3 is 9.29 Å². The van der Waals surface area contributed by atoms with Gasteiger partial charge in [-0.3, -0.25) is 4.79 Å². The molecular weight excluding hydrogens is 403 g/mol. The molecule has 0 radical (unpaired) electrons. The smallest absolute Gasteiger partial charge is 0.743 e. The van der Waals surface area contributed by atoms with Crippen LogP contribution in [0.15, 0.2) is 0 Å². The monoisotopic (exact) mass is 424 g/mol. The first-order valence-corrected chi connectivity index (χ1v) is 9.99. The van der Waals surface area contributed by atoms with E-state index in [0.717, 1.165) is 19.3 Å². The molecule has 27 heavy (non-hydrogen) atoms. The summed E-state index contributed by atoms with van der Waals surface area (Å²) in [4.78, 5) is 12.5. The van der Waals surface area contributed by atoms with Crippen molar-refractivity contribution in [2.45, 2.75) is 63.0 Å². The second kappa shape index (κ2) is 7.11. The van der Waals surface area contributed by atoms with Gasteiger partial charge in [0.15, 0.2) is 10.1 Å². The van der Waals surface area contributed by atoms with E-state index >= 15 is 0 Å². The molecule has 0 N–H and O–H groups in total. The van der Waals surface area contributed by atoms with Gasteiger partial charge in [-0.25, -0.2) is 8.42 Å². The zero-order chi connectivity index (χ0) is 19.6.